The molecule has 3 aromatic rings. The molecule has 8 nitrogen and oxygen atoms in total. The highest BCUT2D eigenvalue weighted by Crippen LogP contribution is 2.26. The quantitative estimate of drug-likeness (QED) is 0.561. The van der Waals surface area contributed by atoms with Crippen LogP contribution in [0.1, 0.15) is 9.68 Å². The summed E-state index contributed by atoms with van der Waals surface area (Å²) in [5.74, 6) is -0.592. The number of hydrogen-bond acceptors (Lipinski definition) is 5. The molecule has 3 N–H and O–H groups in total. The van der Waals surface area contributed by atoms with Gasteiger partial charge in [0.25, 0.3) is 10.0 Å². The van der Waals surface area contributed by atoms with E-state index in [2.05, 4.69) is 14.7 Å². The summed E-state index contributed by atoms with van der Waals surface area (Å²) < 4.78 is 91.0. The van der Waals surface area contributed by atoms with E-state index in [0.717, 1.165) is 36.4 Å². The first kappa shape index (κ1) is 15.7. The molecule has 28 heavy (non-hydrogen) atoms. The number of sulfonamides is 1. The van der Waals surface area contributed by atoms with Gasteiger partial charge in [0, 0.05) is 9.80 Å². The number of benzene rings is 2. The standard InChI is InChI=1S/C16H12F3N3O5S/c1-8-6-11-12(21-15(24)14(23)20-11)7-13(8)28(25,26)22-9-2-4-10(5-3-9)27-16(17,18)19/h2-7,22H,1H3,(H,20,23)(H,21,24)/i1D3. The molecule has 0 radical (unpaired) electrons. The predicted molar refractivity (Wildman–Crippen MR) is 93.9 cm³/mol. The van der Waals surface area contributed by atoms with Crippen LogP contribution in [0.3, 0.4) is 0 Å². The molecule has 0 spiro atoms. The van der Waals surface area contributed by atoms with E-state index in [0.29, 0.717) is 0 Å². The highest BCUT2D eigenvalue weighted by Gasteiger charge is 2.31. The van der Waals surface area contributed by atoms with E-state index in [-0.39, 0.29) is 16.7 Å². The number of aromatic nitrogens is 2. The summed E-state index contributed by atoms with van der Waals surface area (Å²) >= 11 is 0. The van der Waals surface area contributed by atoms with E-state index >= 15 is 0 Å². The lowest BCUT2D eigenvalue weighted by Gasteiger charge is -2.13. The predicted octanol–water partition coefficient (Wildman–Crippen LogP) is 2.22. The van der Waals surface area contributed by atoms with Crippen LogP contribution < -0.4 is 20.6 Å². The molecule has 0 aliphatic heterocycles. The van der Waals surface area contributed by atoms with Gasteiger partial charge in [0.15, 0.2) is 0 Å². The van der Waals surface area contributed by atoms with Crippen molar-refractivity contribution < 1.29 is 30.4 Å². The zero-order chi connectivity index (χ0) is 23.2. The second-order valence-corrected chi connectivity index (χ2v) is 7.13. The molecular weight excluding hydrogens is 403 g/mol. The SMILES string of the molecule is [2H]C([2H])([2H])c1cc2[nH]c(=O)c(=O)[nH]c2cc1S(=O)(=O)Nc1ccc(OC(F)(F)F)cc1. The third kappa shape index (κ3) is 4.17. The van der Waals surface area contributed by atoms with Gasteiger partial charge in [-0.1, -0.05) is 0 Å². The third-order valence-corrected chi connectivity index (χ3v) is 4.87. The number of aromatic amines is 2. The highest BCUT2D eigenvalue weighted by atomic mass is 32.2. The summed E-state index contributed by atoms with van der Waals surface area (Å²) in [6, 6.07) is 5.44. The monoisotopic (exact) mass is 418 g/mol. The van der Waals surface area contributed by atoms with Gasteiger partial charge in [-0.2, -0.15) is 0 Å². The first-order valence-electron chi connectivity index (χ1n) is 8.85. The van der Waals surface area contributed by atoms with Crippen molar-refractivity contribution in [1.82, 2.24) is 9.97 Å². The number of alkyl halides is 3. The Morgan fingerprint density at radius 2 is 1.61 bits per heavy atom. The van der Waals surface area contributed by atoms with Crippen LogP contribution in [0.5, 0.6) is 5.75 Å². The van der Waals surface area contributed by atoms with E-state index in [9.17, 15) is 31.2 Å². The minimum Gasteiger partial charge on any atom is -0.406 e. The zero-order valence-electron chi connectivity index (χ0n) is 16.5. The molecule has 0 unspecified atom stereocenters. The summed E-state index contributed by atoms with van der Waals surface area (Å²) in [6.45, 7) is -2.92. The molecule has 1 aromatic heterocycles. The number of halogens is 3. The Bertz CT molecular complexity index is 1360. The number of nitrogens with one attached hydrogen (secondary N) is 3. The highest BCUT2D eigenvalue weighted by molar-refractivity contribution is 7.92. The molecule has 0 saturated carbocycles. The van der Waals surface area contributed by atoms with Crippen molar-refractivity contribution in [3.8, 4) is 5.75 Å². The second kappa shape index (κ2) is 6.71. The molecule has 2 aromatic carbocycles. The maximum Gasteiger partial charge on any atom is 0.573 e. The average molecular weight is 418 g/mol. The van der Waals surface area contributed by atoms with Crippen molar-refractivity contribution in [2.75, 3.05) is 4.72 Å². The lowest BCUT2D eigenvalue weighted by molar-refractivity contribution is -0.274. The first-order chi connectivity index (χ1) is 14.2. The van der Waals surface area contributed by atoms with Crippen LogP contribution in [0, 0.1) is 6.85 Å². The van der Waals surface area contributed by atoms with Crippen LogP contribution in [0.15, 0.2) is 50.9 Å². The summed E-state index contributed by atoms with van der Waals surface area (Å²) in [4.78, 5) is 26.6. The van der Waals surface area contributed by atoms with Crippen LogP contribution in [0.25, 0.3) is 11.0 Å². The van der Waals surface area contributed by atoms with Gasteiger partial charge < -0.3 is 14.7 Å². The molecule has 3 rings (SSSR count). The van der Waals surface area contributed by atoms with Crippen LogP contribution >= 0.6 is 0 Å². The van der Waals surface area contributed by atoms with Crippen molar-refractivity contribution in [2.45, 2.75) is 18.1 Å². The fourth-order valence-corrected chi connectivity index (χ4v) is 3.48. The number of ether oxygens (including phenoxy) is 1. The van der Waals surface area contributed by atoms with E-state index in [1.165, 1.54) is 0 Å². The summed E-state index contributed by atoms with van der Waals surface area (Å²) in [7, 11) is -4.58. The van der Waals surface area contributed by atoms with E-state index in [1.807, 2.05) is 4.72 Å². The van der Waals surface area contributed by atoms with Gasteiger partial charge in [-0.25, -0.2) is 8.42 Å². The number of aryl methyl sites for hydroxylation is 1. The maximum atomic E-state index is 12.8. The Morgan fingerprint density at radius 3 is 2.14 bits per heavy atom. The number of hydrogen-bond donors (Lipinski definition) is 3. The Hall–Kier alpha value is -3.28. The molecule has 0 fully saturated rings. The van der Waals surface area contributed by atoms with Crippen molar-refractivity contribution in [3.05, 3.63) is 62.7 Å². The van der Waals surface area contributed by atoms with Crippen LogP contribution in [-0.4, -0.2) is 24.7 Å². The minimum absolute atomic E-state index is 0.108. The van der Waals surface area contributed by atoms with Crippen LogP contribution in [0.4, 0.5) is 18.9 Å². The van der Waals surface area contributed by atoms with Gasteiger partial charge in [-0.05, 0) is 48.8 Å². The van der Waals surface area contributed by atoms with Crippen molar-refractivity contribution in [3.63, 3.8) is 0 Å². The van der Waals surface area contributed by atoms with Gasteiger partial charge in [-0.3, -0.25) is 14.3 Å². The third-order valence-electron chi connectivity index (χ3n) is 3.45. The normalized spacial score (nSPS) is 14.2. The topological polar surface area (TPSA) is 121 Å². The molecule has 0 atom stereocenters. The Kier molecular flexibility index (Phi) is 3.77. The maximum absolute atomic E-state index is 12.8. The molecular formula is C16H12F3N3O5S. The smallest absolute Gasteiger partial charge is 0.406 e. The molecule has 148 valence electrons. The van der Waals surface area contributed by atoms with Crippen molar-refractivity contribution >= 4 is 26.7 Å². The van der Waals surface area contributed by atoms with Crippen LogP contribution in [-0.2, 0) is 10.0 Å². The summed E-state index contributed by atoms with van der Waals surface area (Å²) in [5.41, 5.74) is -3.21. The van der Waals surface area contributed by atoms with Gasteiger partial charge in [0.1, 0.15) is 5.75 Å². The number of H-pyrrole nitrogens is 2. The molecule has 0 aliphatic carbocycles. The van der Waals surface area contributed by atoms with E-state index in [1.54, 1.807) is 0 Å². The van der Waals surface area contributed by atoms with Gasteiger partial charge in [0.2, 0.25) is 0 Å². The first-order valence-corrected chi connectivity index (χ1v) is 8.83. The van der Waals surface area contributed by atoms with E-state index in [4.69, 9.17) is 4.11 Å². The largest absolute Gasteiger partial charge is 0.573 e. The molecule has 12 heteroatoms. The summed E-state index contributed by atoms with van der Waals surface area (Å²) in [5, 5.41) is 0. The fourth-order valence-electron chi connectivity index (χ4n) is 2.30. The summed E-state index contributed by atoms with van der Waals surface area (Å²) in [6.07, 6.45) is -4.93. The number of rotatable bonds is 4. The van der Waals surface area contributed by atoms with Crippen molar-refractivity contribution in [1.29, 1.82) is 0 Å². The van der Waals surface area contributed by atoms with Crippen molar-refractivity contribution in [2.24, 2.45) is 0 Å². The fraction of sp³-hybridized carbons (Fsp3) is 0.125. The van der Waals surface area contributed by atoms with E-state index < -0.39 is 50.6 Å². The Balaban J connectivity index is 2.07. The molecule has 0 aliphatic rings. The Labute approximate surface area is 159 Å². The average Bonchev–Trinajstić information content (AvgIpc) is 2.61. The minimum atomic E-state index is -4.93. The second-order valence-electron chi connectivity index (χ2n) is 5.48. The molecule has 0 saturated heterocycles. The van der Waals surface area contributed by atoms with Gasteiger partial charge in [-0.15, -0.1) is 13.2 Å². The number of anilines is 1. The molecule has 0 bridgehead atoms. The van der Waals surface area contributed by atoms with Gasteiger partial charge in [0.05, 0.1) is 15.9 Å². The zero-order valence-corrected chi connectivity index (χ0v) is 14.4. The van der Waals surface area contributed by atoms with Gasteiger partial charge >= 0.3 is 17.5 Å². The number of fused-ring (bicyclic) bond motifs is 1. The lowest BCUT2D eigenvalue weighted by atomic mass is 10.2. The van der Waals surface area contributed by atoms with Crippen LogP contribution in [0.2, 0.25) is 0 Å². The Morgan fingerprint density at radius 1 is 1.04 bits per heavy atom. The molecule has 1 heterocycles. The molecule has 0 amide bonds. The lowest BCUT2D eigenvalue weighted by Crippen LogP contribution is -2.29.